The predicted molar refractivity (Wildman–Crippen MR) is 88.8 cm³/mol. The normalized spacial score (nSPS) is 23.0. The molecule has 1 N–H and O–H groups in total. The van der Waals surface area contributed by atoms with E-state index in [1.54, 1.807) is 24.9 Å². The van der Waals surface area contributed by atoms with Gasteiger partial charge in [-0.2, -0.15) is 11.8 Å². The molecule has 1 aromatic rings. The first kappa shape index (κ1) is 16.5. The van der Waals surface area contributed by atoms with Gasteiger partial charge in [0.25, 0.3) is 0 Å². The molecule has 0 bridgehead atoms. The molecular formula is C15H21NO3S2. The third-order valence-corrected chi connectivity index (χ3v) is 5.88. The van der Waals surface area contributed by atoms with E-state index in [2.05, 4.69) is 4.72 Å². The molecule has 0 aliphatic carbocycles. The van der Waals surface area contributed by atoms with Crippen LogP contribution in [0.3, 0.4) is 0 Å². The van der Waals surface area contributed by atoms with Gasteiger partial charge in [-0.15, -0.1) is 0 Å². The lowest BCUT2D eigenvalue weighted by Crippen LogP contribution is -2.44. The summed E-state index contributed by atoms with van der Waals surface area (Å²) in [7, 11) is -1.80. The van der Waals surface area contributed by atoms with Crippen LogP contribution in [0.2, 0.25) is 0 Å². The molecule has 21 heavy (non-hydrogen) atoms. The quantitative estimate of drug-likeness (QED) is 0.872. The number of sulfonamides is 1. The Morgan fingerprint density at radius 3 is 2.67 bits per heavy atom. The van der Waals surface area contributed by atoms with Gasteiger partial charge in [0, 0.05) is 24.8 Å². The summed E-state index contributed by atoms with van der Waals surface area (Å²) in [4.78, 5) is 0. The Morgan fingerprint density at radius 2 is 2.10 bits per heavy atom. The van der Waals surface area contributed by atoms with Crippen LogP contribution in [0.1, 0.15) is 17.5 Å². The number of thioether (sulfide) groups is 1. The Labute approximate surface area is 131 Å². The van der Waals surface area contributed by atoms with Crippen LogP contribution in [0.15, 0.2) is 29.7 Å². The van der Waals surface area contributed by atoms with Crippen molar-refractivity contribution in [3.8, 4) is 0 Å². The van der Waals surface area contributed by atoms with Gasteiger partial charge in [0.15, 0.2) is 0 Å². The zero-order valence-electron chi connectivity index (χ0n) is 12.3. The second-order valence-electron chi connectivity index (χ2n) is 5.27. The molecule has 1 unspecified atom stereocenters. The molecule has 1 aliphatic rings. The summed E-state index contributed by atoms with van der Waals surface area (Å²) in [6.45, 7) is 2.31. The van der Waals surface area contributed by atoms with E-state index in [-0.39, 0.29) is 5.60 Å². The Hall–Kier alpha value is -0.820. The molecule has 1 aliphatic heterocycles. The number of rotatable bonds is 6. The maximum absolute atomic E-state index is 12.0. The predicted octanol–water partition coefficient (Wildman–Crippen LogP) is 2.41. The first-order valence-electron chi connectivity index (χ1n) is 6.82. The summed E-state index contributed by atoms with van der Waals surface area (Å²) in [5.41, 5.74) is 1.65. The van der Waals surface area contributed by atoms with Crippen molar-refractivity contribution in [2.45, 2.75) is 18.9 Å². The van der Waals surface area contributed by atoms with E-state index in [0.29, 0.717) is 6.54 Å². The van der Waals surface area contributed by atoms with Gasteiger partial charge in [0.2, 0.25) is 10.0 Å². The topological polar surface area (TPSA) is 55.4 Å². The molecule has 1 atom stereocenters. The van der Waals surface area contributed by atoms with Crippen LogP contribution in [0.5, 0.6) is 0 Å². The average molecular weight is 327 g/mol. The highest BCUT2D eigenvalue weighted by atomic mass is 32.2. The van der Waals surface area contributed by atoms with Crippen molar-refractivity contribution in [2.75, 3.05) is 25.2 Å². The average Bonchev–Trinajstić information content (AvgIpc) is 2.94. The molecule has 0 spiro atoms. The second-order valence-corrected chi connectivity index (χ2v) is 8.03. The van der Waals surface area contributed by atoms with Crippen molar-refractivity contribution in [1.82, 2.24) is 4.72 Å². The Balaban J connectivity index is 1.97. The summed E-state index contributed by atoms with van der Waals surface area (Å²) in [6, 6.07) is 7.70. The van der Waals surface area contributed by atoms with Crippen LogP contribution in [0, 0.1) is 6.92 Å². The molecule has 1 fully saturated rings. The lowest BCUT2D eigenvalue weighted by Gasteiger charge is -2.26. The smallest absolute Gasteiger partial charge is 0.233 e. The Kier molecular flexibility index (Phi) is 5.48. The third kappa shape index (κ3) is 4.85. The zero-order chi connectivity index (χ0) is 15.3. The summed E-state index contributed by atoms with van der Waals surface area (Å²) in [5, 5.41) is 1.21. The molecule has 0 radical (unpaired) electrons. The largest absolute Gasteiger partial charge is 0.376 e. The van der Waals surface area contributed by atoms with E-state index in [4.69, 9.17) is 4.74 Å². The molecule has 2 rings (SSSR count). The van der Waals surface area contributed by atoms with E-state index >= 15 is 0 Å². The van der Waals surface area contributed by atoms with Crippen LogP contribution in [-0.2, 0) is 14.8 Å². The molecule has 0 amide bonds. The van der Waals surface area contributed by atoms with Gasteiger partial charge in [-0.05, 0) is 30.7 Å². The van der Waals surface area contributed by atoms with Crippen molar-refractivity contribution in [3.63, 3.8) is 0 Å². The molecule has 4 nitrogen and oxygen atoms in total. The number of hydrogen-bond donors (Lipinski definition) is 1. The Morgan fingerprint density at radius 1 is 1.38 bits per heavy atom. The highest BCUT2D eigenvalue weighted by molar-refractivity contribution is 7.99. The Bertz CT molecular complexity index is 588. The maximum Gasteiger partial charge on any atom is 0.233 e. The van der Waals surface area contributed by atoms with Crippen molar-refractivity contribution in [3.05, 3.63) is 40.8 Å². The summed E-state index contributed by atoms with van der Waals surface area (Å²) in [5.74, 6) is 1.84. The van der Waals surface area contributed by atoms with E-state index < -0.39 is 10.0 Å². The first-order valence-corrected chi connectivity index (χ1v) is 9.52. The zero-order valence-corrected chi connectivity index (χ0v) is 14.0. The lowest BCUT2D eigenvalue weighted by molar-refractivity contribution is 0.0179. The van der Waals surface area contributed by atoms with Gasteiger partial charge in [0.05, 0.1) is 5.60 Å². The molecule has 0 saturated carbocycles. The van der Waals surface area contributed by atoms with Gasteiger partial charge in [-0.3, -0.25) is 0 Å². The molecular weight excluding hydrogens is 306 g/mol. The van der Waals surface area contributed by atoms with Crippen molar-refractivity contribution < 1.29 is 13.2 Å². The van der Waals surface area contributed by atoms with Crippen molar-refractivity contribution in [2.24, 2.45) is 0 Å². The molecule has 1 aromatic carbocycles. The molecule has 116 valence electrons. The minimum atomic E-state index is -3.45. The van der Waals surface area contributed by atoms with Gasteiger partial charge < -0.3 is 4.74 Å². The standard InChI is InChI=1S/C15H21NO3S2/c1-13-3-5-14(6-4-13)7-10-21(17,18)16-11-15(19-2)8-9-20-12-15/h3-7,10,16H,8-9,11-12H2,1-2H3/b10-7+. The number of nitrogens with one attached hydrogen (secondary N) is 1. The number of methoxy groups -OCH3 is 1. The number of benzene rings is 1. The minimum Gasteiger partial charge on any atom is -0.376 e. The summed E-state index contributed by atoms with van der Waals surface area (Å²) >= 11 is 1.79. The van der Waals surface area contributed by atoms with Crippen LogP contribution in [0.25, 0.3) is 6.08 Å². The van der Waals surface area contributed by atoms with E-state index in [1.165, 1.54) is 5.41 Å². The molecule has 6 heteroatoms. The van der Waals surface area contributed by atoms with Crippen molar-refractivity contribution in [1.29, 1.82) is 0 Å². The van der Waals surface area contributed by atoms with Crippen molar-refractivity contribution >= 4 is 27.9 Å². The van der Waals surface area contributed by atoms with Gasteiger partial charge in [-0.25, -0.2) is 13.1 Å². The number of aryl methyl sites for hydroxylation is 1. The monoisotopic (exact) mass is 327 g/mol. The molecule has 1 heterocycles. The maximum atomic E-state index is 12.0. The van der Waals surface area contributed by atoms with E-state index in [9.17, 15) is 8.42 Å². The highest BCUT2D eigenvalue weighted by Crippen LogP contribution is 2.30. The van der Waals surface area contributed by atoms with Gasteiger partial charge in [-0.1, -0.05) is 29.8 Å². The molecule has 0 aromatic heterocycles. The van der Waals surface area contributed by atoms with Gasteiger partial charge in [0.1, 0.15) is 0 Å². The summed E-state index contributed by atoms with van der Waals surface area (Å²) < 4.78 is 32.2. The van der Waals surface area contributed by atoms with E-state index in [0.717, 1.165) is 29.1 Å². The third-order valence-electron chi connectivity index (χ3n) is 3.61. The van der Waals surface area contributed by atoms with E-state index in [1.807, 2.05) is 31.2 Å². The van der Waals surface area contributed by atoms with Crippen LogP contribution in [-0.4, -0.2) is 39.2 Å². The fourth-order valence-electron chi connectivity index (χ4n) is 2.09. The van der Waals surface area contributed by atoms with Crippen LogP contribution in [0.4, 0.5) is 0 Å². The first-order chi connectivity index (χ1) is 9.95. The second kappa shape index (κ2) is 6.96. The number of ether oxygens (including phenoxy) is 1. The lowest BCUT2D eigenvalue weighted by atomic mass is 10.0. The number of hydrogen-bond acceptors (Lipinski definition) is 4. The van der Waals surface area contributed by atoms with Crippen LogP contribution >= 0.6 is 11.8 Å². The minimum absolute atomic E-state index is 0.317. The fraction of sp³-hybridized carbons (Fsp3) is 0.467. The highest BCUT2D eigenvalue weighted by Gasteiger charge is 2.35. The fourth-order valence-corrected chi connectivity index (χ4v) is 4.38. The molecule has 1 saturated heterocycles. The van der Waals surface area contributed by atoms with Crippen LogP contribution < -0.4 is 4.72 Å². The SMILES string of the molecule is COC1(CNS(=O)(=O)/C=C/c2ccc(C)cc2)CCSC1. The summed E-state index contributed by atoms with van der Waals surface area (Å²) in [6.07, 6.45) is 2.48. The van der Waals surface area contributed by atoms with Gasteiger partial charge >= 0.3 is 0 Å².